The van der Waals surface area contributed by atoms with Crippen molar-refractivity contribution in [1.82, 2.24) is 19.9 Å². The summed E-state index contributed by atoms with van der Waals surface area (Å²) >= 11 is 19.0. The normalized spacial score (nSPS) is 11.6. The molecule has 0 atom stereocenters. The number of hydrogen-bond donors (Lipinski definition) is 2. The summed E-state index contributed by atoms with van der Waals surface area (Å²) in [5.74, 6) is -0.101. The summed E-state index contributed by atoms with van der Waals surface area (Å²) in [6, 6.07) is 4.87. The monoisotopic (exact) mass is 538 g/mol. The molecular weight excluding hydrogens is 523 g/mol. The Bertz CT molecular complexity index is 1530. The van der Waals surface area contributed by atoms with Crippen LogP contribution in [0.5, 0.6) is 5.88 Å². The number of nitrogens with zero attached hydrogens (tertiary/aromatic N) is 4. The van der Waals surface area contributed by atoms with Gasteiger partial charge in [-0.1, -0.05) is 41.7 Å². The van der Waals surface area contributed by atoms with Crippen LogP contribution in [0.2, 0.25) is 15.1 Å². The molecule has 0 aliphatic rings. The molecule has 3 heterocycles. The first kappa shape index (κ1) is 24.2. The van der Waals surface area contributed by atoms with Crippen molar-refractivity contribution in [2.75, 3.05) is 17.6 Å². The van der Waals surface area contributed by atoms with Crippen LogP contribution in [0.25, 0.3) is 22.0 Å². The molecule has 3 aromatic heterocycles. The van der Waals surface area contributed by atoms with E-state index in [4.69, 9.17) is 45.3 Å². The van der Waals surface area contributed by atoms with Gasteiger partial charge >= 0.3 is 0 Å². The Kier molecular flexibility index (Phi) is 6.68. The molecule has 34 heavy (non-hydrogen) atoms. The number of benzene rings is 1. The predicted molar refractivity (Wildman–Crippen MR) is 133 cm³/mol. The quantitative estimate of drug-likeness (QED) is 0.350. The number of nitrogens with one attached hydrogen (secondary N) is 1. The Morgan fingerprint density at radius 3 is 2.53 bits per heavy atom. The SMILES string of the molecule is CCc1cc(-c2c(Cl)cnc(NS(=O)(=O)c3cc(Cl)cnc3OC)c2Cl)cc2cnc(N)nc12. The second kappa shape index (κ2) is 9.38. The lowest BCUT2D eigenvalue weighted by Crippen LogP contribution is -2.16. The minimum Gasteiger partial charge on any atom is -0.480 e. The van der Waals surface area contributed by atoms with Gasteiger partial charge in [-0.05, 0) is 35.7 Å². The molecule has 0 aliphatic carbocycles. The number of aromatic nitrogens is 4. The van der Waals surface area contributed by atoms with Crippen LogP contribution in [0, 0.1) is 0 Å². The number of fused-ring (bicyclic) bond motifs is 1. The number of aryl methyl sites for hydroxylation is 1. The van der Waals surface area contributed by atoms with Crippen molar-refractivity contribution >= 4 is 67.5 Å². The summed E-state index contributed by atoms with van der Waals surface area (Å²) < 4.78 is 33.6. The standard InChI is InChI=1S/C21H17Cl3N6O3S/c1-3-10-4-11(5-12-7-28-21(25)29-18(10)12)16-14(23)9-26-19(17(16)24)30-34(31,32)15-6-13(22)8-27-20(15)33-2/h4-9H,3H2,1-2H3,(H,26,30)(H2,25,28,29). The van der Waals surface area contributed by atoms with E-state index in [9.17, 15) is 8.42 Å². The summed E-state index contributed by atoms with van der Waals surface area (Å²) in [6.45, 7) is 1.97. The van der Waals surface area contributed by atoms with Gasteiger partial charge in [0.15, 0.2) is 10.7 Å². The molecule has 0 unspecified atom stereocenters. The van der Waals surface area contributed by atoms with Crippen LogP contribution in [-0.2, 0) is 16.4 Å². The molecule has 176 valence electrons. The number of ether oxygens (including phenoxy) is 1. The summed E-state index contributed by atoms with van der Waals surface area (Å²) in [6.07, 6.45) is 4.84. The second-order valence-electron chi connectivity index (χ2n) is 7.07. The third kappa shape index (κ3) is 4.54. The third-order valence-corrected chi connectivity index (χ3v) is 7.12. The van der Waals surface area contributed by atoms with Gasteiger partial charge in [-0.2, -0.15) is 0 Å². The Morgan fingerprint density at radius 2 is 1.82 bits per heavy atom. The van der Waals surface area contributed by atoms with E-state index < -0.39 is 10.0 Å². The van der Waals surface area contributed by atoms with Crippen molar-refractivity contribution in [1.29, 1.82) is 0 Å². The molecule has 0 amide bonds. The van der Waals surface area contributed by atoms with Crippen molar-refractivity contribution in [3.63, 3.8) is 0 Å². The molecule has 13 heteroatoms. The minimum atomic E-state index is -4.21. The molecule has 3 N–H and O–H groups in total. The van der Waals surface area contributed by atoms with Gasteiger partial charge < -0.3 is 10.5 Å². The molecule has 0 saturated carbocycles. The van der Waals surface area contributed by atoms with Gasteiger partial charge in [0.2, 0.25) is 11.8 Å². The van der Waals surface area contributed by atoms with Gasteiger partial charge in [0.25, 0.3) is 10.0 Å². The highest BCUT2D eigenvalue weighted by Gasteiger charge is 2.25. The van der Waals surface area contributed by atoms with E-state index in [2.05, 4.69) is 24.7 Å². The van der Waals surface area contributed by atoms with Gasteiger partial charge in [0, 0.05) is 29.5 Å². The van der Waals surface area contributed by atoms with Gasteiger partial charge in [-0.25, -0.2) is 28.4 Å². The molecule has 0 aliphatic heterocycles. The van der Waals surface area contributed by atoms with Crippen LogP contribution >= 0.6 is 34.8 Å². The first-order valence-electron chi connectivity index (χ1n) is 9.76. The van der Waals surface area contributed by atoms with E-state index in [0.29, 0.717) is 23.1 Å². The van der Waals surface area contributed by atoms with E-state index in [1.165, 1.54) is 25.6 Å². The molecular formula is C21H17Cl3N6O3S. The average molecular weight is 540 g/mol. The maximum absolute atomic E-state index is 13.1. The summed E-state index contributed by atoms with van der Waals surface area (Å²) in [4.78, 5) is 16.1. The Labute approximate surface area is 210 Å². The number of anilines is 2. The highest BCUT2D eigenvalue weighted by Crippen LogP contribution is 2.40. The number of methoxy groups -OCH3 is 1. The van der Waals surface area contributed by atoms with E-state index in [0.717, 1.165) is 10.9 Å². The second-order valence-corrected chi connectivity index (χ2v) is 9.94. The number of pyridine rings is 2. The Morgan fingerprint density at radius 1 is 1.06 bits per heavy atom. The molecule has 1 aromatic carbocycles. The zero-order valence-electron chi connectivity index (χ0n) is 17.8. The van der Waals surface area contributed by atoms with E-state index >= 15 is 0 Å². The zero-order chi connectivity index (χ0) is 24.6. The van der Waals surface area contributed by atoms with Crippen molar-refractivity contribution in [3.05, 3.63) is 57.4 Å². The summed E-state index contributed by atoms with van der Waals surface area (Å²) in [5, 5.41) is 1.07. The van der Waals surface area contributed by atoms with E-state index in [1.54, 1.807) is 12.3 Å². The van der Waals surface area contributed by atoms with Crippen molar-refractivity contribution < 1.29 is 13.2 Å². The van der Waals surface area contributed by atoms with E-state index in [-0.39, 0.29) is 37.6 Å². The van der Waals surface area contributed by atoms with Crippen LogP contribution < -0.4 is 15.2 Å². The molecule has 0 saturated heterocycles. The fourth-order valence-corrected chi connectivity index (χ4v) is 5.44. The molecule has 0 radical (unpaired) electrons. The summed E-state index contributed by atoms with van der Waals surface area (Å²) in [7, 11) is -2.92. The highest BCUT2D eigenvalue weighted by atomic mass is 35.5. The van der Waals surface area contributed by atoms with Crippen LogP contribution in [0.1, 0.15) is 12.5 Å². The van der Waals surface area contributed by atoms with Gasteiger partial charge in [-0.15, -0.1) is 0 Å². The smallest absolute Gasteiger partial charge is 0.268 e. The largest absolute Gasteiger partial charge is 0.480 e. The summed E-state index contributed by atoms with van der Waals surface area (Å²) in [5.41, 5.74) is 8.37. The highest BCUT2D eigenvalue weighted by molar-refractivity contribution is 7.92. The number of rotatable bonds is 6. The van der Waals surface area contributed by atoms with Gasteiger partial charge in [0.1, 0.15) is 0 Å². The predicted octanol–water partition coefficient (Wildman–Crippen LogP) is 5.00. The van der Waals surface area contributed by atoms with Gasteiger partial charge in [-0.3, -0.25) is 4.72 Å². The molecule has 0 spiro atoms. The fourth-order valence-electron chi connectivity index (χ4n) is 3.38. The molecule has 9 nitrogen and oxygen atoms in total. The first-order chi connectivity index (χ1) is 16.1. The lowest BCUT2D eigenvalue weighted by atomic mass is 9.99. The molecule has 0 bridgehead atoms. The number of nitrogen functional groups attached to an aromatic ring is 1. The van der Waals surface area contributed by atoms with E-state index in [1.807, 2.05) is 13.0 Å². The molecule has 4 rings (SSSR count). The minimum absolute atomic E-state index is 0.00259. The number of hydrogen-bond acceptors (Lipinski definition) is 8. The molecule has 0 fully saturated rings. The lowest BCUT2D eigenvalue weighted by molar-refractivity contribution is 0.385. The fraction of sp³-hybridized carbons (Fsp3) is 0.143. The maximum Gasteiger partial charge on any atom is 0.268 e. The van der Waals surface area contributed by atoms with Crippen LogP contribution in [0.15, 0.2) is 41.7 Å². The number of halogens is 3. The van der Waals surface area contributed by atoms with Crippen molar-refractivity contribution in [2.24, 2.45) is 0 Å². The topological polar surface area (TPSA) is 133 Å². The van der Waals surface area contributed by atoms with Crippen molar-refractivity contribution in [2.45, 2.75) is 18.2 Å². The maximum atomic E-state index is 13.1. The number of nitrogens with two attached hydrogens (primary N) is 1. The van der Waals surface area contributed by atoms with Crippen LogP contribution in [0.3, 0.4) is 0 Å². The van der Waals surface area contributed by atoms with Gasteiger partial charge in [0.05, 0.1) is 27.7 Å². The number of sulfonamides is 1. The van der Waals surface area contributed by atoms with Crippen molar-refractivity contribution in [3.8, 4) is 17.0 Å². The van der Waals surface area contributed by atoms with Crippen LogP contribution in [-0.4, -0.2) is 35.5 Å². The third-order valence-electron chi connectivity index (χ3n) is 4.92. The lowest BCUT2D eigenvalue weighted by Gasteiger charge is -2.15. The Hall–Kier alpha value is -2.92. The Balaban J connectivity index is 1.84. The molecule has 4 aromatic rings. The first-order valence-corrected chi connectivity index (χ1v) is 12.4. The average Bonchev–Trinajstić information content (AvgIpc) is 2.80. The zero-order valence-corrected chi connectivity index (χ0v) is 20.9. The van der Waals surface area contributed by atoms with Crippen LogP contribution in [0.4, 0.5) is 11.8 Å².